The molecule has 0 aromatic carbocycles. The van der Waals surface area contributed by atoms with E-state index in [2.05, 4.69) is 31.1 Å². The molecule has 1 aliphatic heterocycles. The predicted molar refractivity (Wildman–Crippen MR) is 78.8 cm³/mol. The minimum absolute atomic E-state index is 0.294. The monoisotopic (exact) mass is 286 g/mol. The minimum Gasteiger partial charge on any atom is -0.377 e. The van der Waals surface area contributed by atoms with Gasteiger partial charge in [0.05, 0.1) is 25.9 Å². The highest BCUT2D eigenvalue weighted by Gasteiger charge is 2.45. The Morgan fingerprint density at radius 3 is 2.65 bits per heavy atom. The smallest absolute Gasteiger partial charge is 0.170 e. The Balaban J connectivity index is 1.90. The first-order chi connectivity index (χ1) is 9.56. The van der Waals surface area contributed by atoms with Gasteiger partial charge in [0.1, 0.15) is 0 Å². The average molecular weight is 286 g/mol. The van der Waals surface area contributed by atoms with Gasteiger partial charge < -0.3 is 19.5 Å². The van der Waals surface area contributed by atoms with Gasteiger partial charge in [-0.1, -0.05) is 0 Å². The molecule has 0 bridgehead atoms. The molecule has 1 heterocycles. The Kier molecular flexibility index (Phi) is 5.81. The van der Waals surface area contributed by atoms with Crippen LogP contribution in [0.4, 0.5) is 0 Å². The van der Waals surface area contributed by atoms with Gasteiger partial charge in [0.15, 0.2) is 5.79 Å². The van der Waals surface area contributed by atoms with Crippen LogP contribution in [-0.2, 0) is 14.2 Å². The second kappa shape index (κ2) is 7.18. The van der Waals surface area contributed by atoms with Gasteiger partial charge in [0, 0.05) is 31.5 Å². The molecule has 2 aliphatic rings. The van der Waals surface area contributed by atoms with Crippen LogP contribution in [0.2, 0.25) is 0 Å². The highest BCUT2D eigenvalue weighted by atomic mass is 16.7. The van der Waals surface area contributed by atoms with E-state index in [4.69, 9.17) is 14.2 Å². The fourth-order valence-corrected chi connectivity index (χ4v) is 3.29. The summed E-state index contributed by atoms with van der Waals surface area (Å²) in [6.45, 7) is 7.33. The lowest BCUT2D eigenvalue weighted by atomic mass is 9.85. The number of hydrogen-bond acceptors (Lipinski definition) is 5. The molecule has 2 atom stereocenters. The Morgan fingerprint density at radius 2 is 2.05 bits per heavy atom. The Morgan fingerprint density at radius 1 is 1.35 bits per heavy atom. The molecule has 20 heavy (non-hydrogen) atoms. The number of nitrogens with zero attached hydrogens (tertiary/aromatic N) is 1. The van der Waals surface area contributed by atoms with Crippen molar-refractivity contribution < 1.29 is 14.2 Å². The summed E-state index contributed by atoms with van der Waals surface area (Å²) in [5.74, 6) is -0.328. The van der Waals surface area contributed by atoms with E-state index in [1.165, 1.54) is 0 Å². The zero-order chi connectivity index (χ0) is 14.6. The van der Waals surface area contributed by atoms with Crippen molar-refractivity contribution in [2.24, 2.45) is 0 Å². The van der Waals surface area contributed by atoms with Gasteiger partial charge in [0.2, 0.25) is 0 Å². The number of nitrogens with one attached hydrogen (secondary N) is 1. The van der Waals surface area contributed by atoms with E-state index in [0.717, 1.165) is 45.6 Å². The van der Waals surface area contributed by atoms with Crippen molar-refractivity contribution in [2.75, 3.05) is 40.5 Å². The molecule has 0 radical (unpaired) electrons. The SMILES string of the molecule is CNC1CCC2(CC1N(C)CCOC(C)C)OCCO2. The molecular weight excluding hydrogens is 256 g/mol. The van der Waals surface area contributed by atoms with Crippen LogP contribution in [0.25, 0.3) is 0 Å². The molecule has 2 fully saturated rings. The molecule has 5 nitrogen and oxygen atoms in total. The van der Waals surface area contributed by atoms with Crippen molar-refractivity contribution in [1.29, 1.82) is 0 Å². The molecular formula is C15H30N2O3. The zero-order valence-corrected chi connectivity index (χ0v) is 13.4. The van der Waals surface area contributed by atoms with Gasteiger partial charge in [0.25, 0.3) is 0 Å². The molecule has 1 aliphatic carbocycles. The fourth-order valence-electron chi connectivity index (χ4n) is 3.29. The summed E-state index contributed by atoms with van der Waals surface area (Å²) in [4.78, 5) is 2.38. The van der Waals surface area contributed by atoms with E-state index in [0.29, 0.717) is 18.2 Å². The first kappa shape index (κ1) is 16.2. The molecule has 0 aromatic heterocycles. The maximum Gasteiger partial charge on any atom is 0.170 e. The lowest BCUT2D eigenvalue weighted by molar-refractivity contribution is -0.192. The lowest BCUT2D eigenvalue weighted by Gasteiger charge is -2.44. The highest BCUT2D eigenvalue weighted by molar-refractivity contribution is 4.95. The van der Waals surface area contributed by atoms with Crippen molar-refractivity contribution in [1.82, 2.24) is 10.2 Å². The second-order valence-corrected chi connectivity index (χ2v) is 6.21. The van der Waals surface area contributed by atoms with Gasteiger partial charge in [-0.15, -0.1) is 0 Å². The van der Waals surface area contributed by atoms with E-state index in [9.17, 15) is 0 Å². The van der Waals surface area contributed by atoms with E-state index < -0.39 is 0 Å². The fraction of sp³-hybridized carbons (Fsp3) is 1.00. The Hall–Kier alpha value is -0.200. The van der Waals surface area contributed by atoms with Crippen LogP contribution in [0.15, 0.2) is 0 Å². The van der Waals surface area contributed by atoms with Gasteiger partial charge in [-0.25, -0.2) is 0 Å². The molecule has 1 saturated heterocycles. The number of ether oxygens (including phenoxy) is 3. The summed E-state index contributed by atoms with van der Waals surface area (Å²) >= 11 is 0. The number of hydrogen-bond donors (Lipinski definition) is 1. The van der Waals surface area contributed by atoms with Crippen LogP contribution >= 0.6 is 0 Å². The van der Waals surface area contributed by atoms with Crippen LogP contribution in [0.5, 0.6) is 0 Å². The molecule has 118 valence electrons. The number of rotatable bonds is 6. The molecule has 1 N–H and O–H groups in total. The van der Waals surface area contributed by atoms with Gasteiger partial charge in [-0.3, -0.25) is 4.90 Å². The molecule has 1 saturated carbocycles. The highest BCUT2D eigenvalue weighted by Crippen LogP contribution is 2.37. The largest absolute Gasteiger partial charge is 0.377 e. The summed E-state index contributed by atoms with van der Waals surface area (Å²) in [5.41, 5.74) is 0. The summed E-state index contributed by atoms with van der Waals surface area (Å²) in [7, 11) is 4.22. The average Bonchev–Trinajstić information content (AvgIpc) is 2.86. The molecule has 1 spiro atoms. The lowest BCUT2D eigenvalue weighted by Crippen LogP contribution is -2.56. The maximum atomic E-state index is 5.89. The Bertz CT molecular complexity index is 293. The topological polar surface area (TPSA) is 43.0 Å². The standard InChI is InChI=1S/C15H30N2O3/c1-12(2)18-8-7-17(4)14-11-15(19-9-10-20-15)6-5-13(14)16-3/h12-14,16H,5-11H2,1-4H3. The summed E-state index contributed by atoms with van der Waals surface area (Å²) in [6, 6.07) is 0.931. The van der Waals surface area contributed by atoms with Crippen LogP contribution in [0, 0.1) is 0 Å². The van der Waals surface area contributed by atoms with E-state index in [1.807, 2.05) is 7.05 Å². The summed E-state index contributed by atoms with van der Waals surface area (Å²) in [6.07, 6.45) is 3.32. The van der Waals surface area contributed by atoms with Crippen LogP contribution in [-0.4, -0.2) is 69.3 Å². The third-order valence-corrected chi connectivity index (χ3v) is 4.47. The van der Waals surface area contributed by atoms with Crippen molar-refractivity contribution in [3.8, 4) is 0 Å². The van der Waals surface area contributed by atoms with Crippen molar-refractivity contribution in [3.05, 3.63) is 0 Å². The third-order valence-electron chi connectivity index (χ3n) is 4.47. The van der Waals surface area contributed by atoms with Crippen molar-refractivity contribution in [2.45, 2.75) is 57.1 Å². The zero-order valence-electron chi connectivity index (χ0n) is 13.4. The van der Waals surface area contributed by atoms with Crippen LogP contribution in [0.1, 0.15) is 33.1 Å². The summed E-state index contributed by atoms with van der Waals surface area (Å²) < 4.78 is 17.4. The normalized spacial score (nSPS) is 29.7. The molecule has 0 aromatic rings. The van der Waals surface area contributed by atoms with Crippen LogP contribution < -0.4 is 5.32 Å². The summed E-state index contributed by atoms with van der Waals surface area (Å²) in [5, 5.41) is 3.45. The van der Waals surface area contributed by atoms with E-state index in [-0.39, 0.29) is 5.79 Å². The van der Waals surface area contributed by atoms with Gasteiger partial charge in [-0.05, 0) is 34.4 Å². The maximum absolute atomic E-state index is 5.89. The molecule has 5 heteroatoms. The first-order valence-corrected chi connectivity index (χ1v) is 7.83. The quantitative estimate of drug-likeness (QED) is 0.795. The van der Waals surface area contributed by atoms with Crippen LogP contribution in [0.3, 0.4) is 0 Å². The minimum atomic E-state index is -0.328. The Labute approximate surface area is 122 Å². The number of likely N-dealkylation sites (N-methyl/N-ethyl adjacent to an activating group) is 2. The van der Waals surface area contributed by atoms with Crippen molar-refractivity contribution in [3.63, 3.8) is 0 Å². The second-order valence-electron chi connectivity index (χ2n) is 6.21. The molecule has 2 unspecified atom stereocenters. The van der Waals surface area contributed by atoms with E-state index >= 15 is 0 Å². The molecule has 2 rings (SSSR count). The molecule has 0 amide bonds. The first-order valence-electron chi connectivity index (χ1n) is 7.83. The van der Waals surface area contributed by atoms with Gasteiger partial charge >= 0.3 is 0 Å². The van der Waals surface area contributed by atoms with E-state index in [1.54, 1.807) is 0 Å². The third kappa shape index (κ3) is 3.92. The van der Waals surface area contributed by atoms with Gasteiger partial charge in [-0.2, -0.15) is 0 Å². The predicted octanol–water partition coefficient (Wildman–Crippen LogP) is 1.23. The van der Waals surface area contributed by atoms with Crippen molar-refractivity contribution >= 4 is 0 Å².